The predicted octanol–water partition coefficient (Wildman–Crippen LogP) is 5.35. The van der Waals surface area contributed by atoms with Crippen molar-refractivity contribution in [2.75, 3.05) is 26.2 Å². The Morgan fingerprint density at radius 2 is 1.53 bits per heavy atom. The quantitative estimate of drug-likeness (QED) is 0.333. The molecule has 1 saturated heterocycles. The Bertz CT molecular complexity index is 1160. The van der Waals surface area contributed by atoms with Crippen LogP contribution in [0.25, 0.3) is 32.9 Å². The summed E-state index contributed by atoms with van der Waals surface area (Å²) in [5.74, 6) is 0.951. The van der Waals surface area contributed by atoms with Gasteiger partial charge >= 0.3 is 0 Å². The summed E-state index contributed by atoms with van der Waals surface area (Å²) in [5, 5.41) is 2.50. The van der Waals surface area contributed by atoms with Crippen LogP contribution in [0.15, 0.2) is 72.8 Å². The van der Waals surface area contributed by atoms with Crippen molar-refractivity contribution in [3.8, 4) is 16.9 Å². The van der Waals surface area contributed by atoms with E-state index in [0.29, 0.717) is 0 Å². The van der Waals surface area contributed by atoms with E-state index in [2.05, 4.69) is 89.3 Å². The van der Waals surface area contributed by atoms with Gasteiger partial charge in [-0.1, -0.05) is 48.9 Å². The van der Waals surface area contributed by atoms with Crippen molar-refractivity contribution >= 4 is 21.8 Å². The number of piperidine rings is 1. The Hall–Kier alpha value is -2.91. The van der Waals surface area contributed by atoms with Crippen LogP contribution in [0.3, 0.4) is 0 Å². The molecule has 0 atom stereocenters. The average Bonchev–Trinajstić information content (AvgIpc) is 2.81. The monoisotopic (exact) mass is 397 g/mol. The van der Waals surface area contributed by atoms with Crippen molar-refractivity contribution in [2.45, 2.75) is 19.3 Å². The highest BCUT2D eigenvalue weighted by Gasteiger charge is 2.19. The molecule has 1 aromatic heterocycles. The topological polar surface area (TPSA) is 16.4 Å². The minimum absolute atomic E-state index is 0.742. The number of pyridine rings is 1. The molecule has 0 radical (unpaired) electrons. The zero-order valence-electron chi connectivity index (χ0n) is 17.7. The van der Waals surface area contributed by atoms with Gasteiger partial charge in [0.05, 0.1) is 10.8 Å². The van der Waals surface area contributed by atoms with Gasteiger partial charge in [0.1, 0.15) is 19.4 Å². The average molecular weight is 398 g/mol. The number of ether oxygens (including phenoxy) is 1. The molecule has 30 heavy (non-hydrogen) atoms. The number of nitrogens with zero attached hydrogens (tertiary/aromatic N) is 2. The van der Waals surface area contributed by atoms with Crippen molar-refractivity contribution in [3.05, 3.63) is 72.8 Å². The summed E-state index contributed by atoms with van der Waals surface area (Å²) in [6.45, 7) is 4.17. The molecule has 0 N–H and O–H groups in total. The van der Waals surface area contributed by atoms with Crippen molar-refractivity contribution in [1.82, 2.24) is 4.90 Å². The minimum atomic E-state index is 0.742. The second-order valence-corrected chi connectivity index (χ2v) is 8.25. The highest BCUT2D eigenvalue weighted by Crippen LogP contribution is 2.35. The predicted molar refractivity (Wildman–Crippen MR) is 124 cm³/mol. The summed E-state index contributed by atoms with van der Waals surface area (Å²) in [5.41, 5.74) is 4.98. The number of aromatic nitrogens is 1. The largest absolute Gasteiger partial charge is 0.492 e. The Balaban J connectivity index is 1.55. The summed E-state index contributed by atoms with van der Waals surface area (Å²) in [7, 11) is 2.15. The lowest BCUT2D eigenvalue weighted by Gasteiger charge is -2.26. The van der Waals surface area contributed by atoms with Gasteiger partial charge in [0, 0.05) is 24.2 Å². The molecule has 1 aliphatic rings. The Labute approximate surface area is 178 Å². The lowest BCUT2D eigenvalue weighted by atomic mass is 9.95. The fraction of sp³-hybridized carbons (Fsp3) is 0.296. The number of benzene rings is 3. The molecule has 1 aliphatic heterocycles. The first-order valence-corrected chi connectivity index (χ1v) is 11.1. The summed E-state index contributed by atoms with van der Waals surface area (Å²) in [6, 6.07) is 25.9. The first-order valence-electron chi connectivity index (χ1n) is 11.1. The first-order chi connectivity index (χ1) is 14.8. The molecular formula is C27H29N2O+. The van der Waals surface area contributed by atoms with Crippen LogP contribution < -0.4 is 9.30 Å². The molecule has 0 amide bonds. The minimum Gasteiger partial charge on any atom is -0.492 e. The molecular weight excluding hydrogens is 368 g/mol. The normalized spacial score (nSPS) is 15.0. The molecule has 0 saturated carbocycles. The molecule has 3 nitrogen and oxygen atoms in total. The molecule has 4 aromatic rings. The molecule has 0 spiro atoms. The van der Waals surface area contributed by atoms with Gasteiger partial charge in [0.25, 0.3) is 0 Å². The number of fused-ring (bicyclic) bond motifs is 2. The third kappa shape index (κ3) is 3.66. The van der Waals surface area contributed by atoms with Crippen LogP contribution in [0.2, 0.25) is 0 Å². The van der Waals surface area contributed by atoms with E-state index in [4.69, 9.17) is 4.74 Å². The van der Waals surface area contributed by atoms with Gasteiger partial charge in [0.2, 0.25) is 11.0 Å². The third-order valence-corrected chi connectivity index (χ3v) is 6.32. The van der Waals surface area contributed by atoms with Crippen LogP contribution in [-0.2, 0) is 7.05 Å². The highest BCUT2D eigenvalue weighted by molar-refractivity contribution is 6.07. The van der Waals surface area contributed by atoms with Gasteiger partial charge in [-0.2, -0.15) is 4.57 Å². The van der Waals surface area contributed by atoms with E-state index in [1.807, 2.05) is 0 Å². The maximum absolute atomic E-state index is 6.21. The summed E-state index contributed by atoms with van der Waals surface area (Å²) < 4.78 is 8.50. The van der Waals surface area contributed by atoms with E-state index < -0.39 is 0 Å². The first kappa shape index (κ1) is 19.1. The molecule has 1 fully saturated rings. The maximum atomic E-state index is 6.21. The second kappa shape index (κ2) is 8.45. The number of likely N-dealkylation sites (tertiary alicyclic amines) is 1. The lowest BCUT2D eigenvalue weighted by Crippen LogP contribution is -2.33. The molecule has 0 bridgehead atoms. The van der Waals surface area contributed by atoms with Gasteiger partial charge in [-0.15, -0.1) is 0 Å². The highest BCUT2D eigenvalue weighted by atomic mass is 16.5. The SMILES string of the molecule is C[n+]1c2ccccc2c(-c2ccccc2)c2cc(OCCN3CCCCC3)ccc21. The zero-order valence-corrected chi connectivity index (χ0v) is 17.7. The van der Waals surface area contributed by atoms with Gasteiger partial charge in [-0.25, -0.2) is 0 Å². The van der Waals surface area contributed by atoms with Gasteiger partial charge in [-0.05, 0) is 49.7 Å². The fourth-order valence-electron chi connectivity index (χ4n) is 4.74. The number of hydrogen-bond acceptors (Lipinski definition) is 2. The van der Waals surface area contributed by atoms with Crippen LogP contribution in [-0.4, -0.2) is 31.1 Å². The van der Waals surface area contributed by atoms with Crippen LogP contribution in [0.5, 0.6) is 5.75 Å². The van der Waals surface area contributed by atoms with Crippen LogP contribution in [0.1, 0.15) is 19.3 Å². The lowest BCUT2D eigenvalue weighted by molar-refractivity contribution is -0.617. The Morgan fingerprint density at radius 1 is 0.800 bits per heavy atom. The van der Waals surface area contributed by atoms with E-state index in [1.54, 1.807) is 0 Å². The van der Waals surface area contributed by atoms with Crippen molar-refractivity contribution in [2.24, 2.45) is 7.05 Å². The van der Waals surface area contributed by atoms with Crippen LogP contribution in [0.4, 0.5) is 0 Å². The molecule has 0 unspecified atom stereocenters. The molecule has 152 valence electrons. The smallest absolute Gasteiger partial charge is 0.213 e. The standard InChI is InChI=1S/C27H29N2O/c1-28-25-13-7-6-12-23(25)27(21-10-4-2-5-11-21)24-20-22(14-15-26(24)28)30-19-18-29-16-8-3-9-17-29/h2,4-7,10-15,20H,3,8-9,16-19H2,1H3/q+1. The summed E-state index contributed by atoms with van der Waals surface area (Å²) in [4.78, 5) is 2.52. The third-order valence-electron chi connectivity index (χ3n) is 6.32. The molecule has 3 aromatic carbocycles. The van der Waals surface area contributed by atoms with Crippen LogP contribution >= 0.6 is 0 Å². The molecule has 3 heteroatoms. The molecule has 2 heterocycles. The molecule has 0 aliphatic carbocycles. The van der Waals surface area contributed by atoms with Crippen molar-refractivity contribution in [3.63, 3.8) is 0 Å². The summed E-state index contributed by atoms with van der Waals surface area (Å²) >= 11 is 0. The fourth-order valence-corrected chi connectivity index (χ4v) is 4.74. The Morgan fingerprint density at radius 3 is 2.37 bits per heavy atom. The second-order valence-electron chi connectivity index (χ2n) is 8.25. The van der Waals surface area contributed by atoms with Gasteiger partial charge < -0.3 is 4.74 Å². The van der Waals surface area contributed by atoms with Crippen LogP contribution in [0, 0.1) is 0 Å². The van der Waals surface area contributed by atoms with Crippen molar-refractivity contribution < 1.29 is 9.30 Å². The molecule has 5 rings (SSSR count). The van der Waals surface area contributed by atoms with Gasteiger partial charge in [-0.3, -0.25) is 4.90 Å². The number of rotatable bonds is 5. The number of para-hydroxylation sites is 1. The van der Waals surface area contributed by atoms with Crippen molar-refractivity contribution in [1.29, 1.82) is 0 Å². The van der Waals surface area contributed by atoms with Gasteiger partial charge in [0.15, 0.2) is 0 Å². The van der Waals surface area contributed by atoms with E-state index in [0.717, 1.165) is 18.9 Å². The summed E-state index contributed by atoms with van der Waals surface area (Å²) in [6.07, 6.45) is 4.01. The number of aryl methyl sites for hydroxylation is 1. The Kier molecular flexibility index (Phi) is 5.37. The van der Waals surface area contributed by atoms with E-state index in [9.17, 15) is 0 Å². The maximum Gasteiger partial charge on any atom is 0.213 e. The van der Waals surface area contributed by atoms with E-state index in [1.165, 1.54) is 65.3 Å². The number of hydrogen-bond donors (Lipinski definition) is 0. The zero-order chi connectivity index (χ0) is 20.3. The van der Waals surface area contributed by atoms with E-state index >= 15 is 0 Å². The van der Waals surface area contributed by atoms with E-state index in [-0.39, 0.29) is 0 Å².